The average Bonchev–Trinajstić information content (AvgIpc) is 3.46. The van der Waals surface area contributed by atoms with Gasteiger partial charge < -0.3 is 26.0 Å². The molecule has 186 valence electrons. The minimum absolute atomic E-state index is 0. The summed E-state index contributed by atoms with van der Waals surface area (Å²) in [7, 11) is 0. The summed E-state index contributed by atoms with van der Waals surface area (Å²) in [5, 5.41) is 16.6. The van der Waals surface area contributed by atoms with Crippen molar-refractivity contribution in [3.05, 3.63) is 36.2 Å². The number of nitrogens with one attached hydrogen (secondary N) is 2. The summed E-state index contributed by atoms with van der Waals surface area (Å²) in [6.45, 7) is 0.727. The monoisotopic (exact) mass is 507 g/mol. The normalized spacial score (nSPS) is 20.5. The maximum absolute atomic E-state index is 9.49. The Kier molecular flexibility index (Phi) is 9.22. The highest BCUT2D eigenvalue weighted by Crippen LogP contribution is 2.33. The van der Waals surface area contributed by atoms with E-state index >= 15 is 0 Å². The topological polar surface area (TPSA) is 114 Å². The van der Waals surface area contributed by atoms with Crippen LogP contribution in [0.25, 0.3) is 11.2 Å². The molecule has 0 bridgehead atoms. The van der Waals surface area contributed by atoms with Gasteiger partial charge in [-0.3, -0.25) is 0 Å². The van der Waals surface area contributed by atoms with Crippen molar-refractivity contribution in [2.75, 3.05) is 17.2 Å². The van der Waals surface area contributed by atoms with E-state index in [1.54, 1.807) is 12.1 Å². The largest absolute Gasteiger partial charge is 0.508 e. The number of phenolic OH excluding ortho intramolecular Hbond substituents is 1. The molecule has 5 N–H and O–H groups in total. The molecule has 0 aliphatic heterocycles. The van der Waals surface area contributed by atoms with Gasteiger partial charge in [0.15, 0.2) is 17.0 Å². The van der Waals surface area contributed by atoms with Gasteiger partial charge in [-0.15, -0.1) is 24.8 Å². The Morgan fingerprint density at radius 1 is 0.971 bits per heavy atom. The summed E-state index contributed by atoms with van der Waals surface area (Å²) >= 11 is 0. The number of aromatic hydroxyl groups is 1. The zero-order chi connectivity index (χ0) is 21.9. The van der Waals surface area contributed by atoms with E-state index in [1.165, 1.54) is 25.7 Å². The Morgan fingerprint density at radius 2 is 1.68 bits per heavy atom. The molecular formula is C24H35Cl2N7O. The summed E-state index contributed by atoms with van der Waals surface area (Å²) in [5.74, 6) is 1.74. The number of hydrogen-bond donors (Lipinski definition) is 4. The van der Waals surface area contributed by atoms with Gasteiger partial charge in [0, 0.05) is 24.7 Å². The highest BCUT2D eigenvalue weighted by molar-refractivity contribution is 5.86. The Bertz CT molecular complexity index is 1050. The number of halogens is 2. The van der Waals surface area contributed by atoms with Crippen LogP contribution in [-0.4, -0.2) is 43.3 Å². The summed E-state index contributed by atoms with van der Waals surface area (Å²) in [6, 6.07) is 8.49. The van der Waals surface area contributed by atoms with Crippen molar-refractivity contribution in [1.82, 2.24) is 19.5 Å². The molecule has 0 amide bonds. The first kappa shape index (κ1) is 26.3. The first-order valence-electron chi connectivity index (χ1n) is 11.9. The summed E-state index contributed by atoms with van der Waals surface area (Å²) < 4.78 is 2.25. The van der Waals surface area contributed by atoms with Gasteiger partial charge in [0.1, 0.15) is 5.75 Å². The average molecular weight is 508 g/mol. The van der Waals surface area contributed by atoms with Crippen molar-refractivity contribution in [2.45, 2.75) is 75.9 Å². The molecule has 1 aromatic carbocycles. The van der Waals surface area contributed by atoms with E-state index in [-0.39, 0.29) is 30.6 Å². The lowest BCUT2D eigenvalue weighted by Gasteiger charge is -2.27. The Morgan fingerprint density at radius 3 is 2.38 bits per heavy atom. The second-order valence-electron chi connectivity index (χ2n) is 9.26. The van der Waals surface area contributed by atoms with Gasteiger partial charge >= 0.3 is 0 Å². The van der Waals surface area contributed by atoms with Crippen molar-refractivity contribution >= 4 is 47.7 Å². The number of imidazole rings is 1. The van der Waals surface area contributed by atoms with Gasteiger partial charge in [-0.1, -0.05) is 25.0 Å². The minimum atomic E-state index is 0. The van der Waals surface area contributed by atoms with Gasteiger partial charge in [-0.25, -0.2) is 4.98 Å². The van der Waals surface area contributed by atoms with E-state index in [4.69, 9.17) is 20.7 Å². The number of fused-ring (bicyclic) bond motifs is 1. The third-order valence-electron chi connectivity index (χ3n) is 6.89. The molecule has 8 nitrogen and oxygen atoms in total. The molecule has 2 aromatic heterocycles. The zero-order valence-corrected chi connectivity index (χ0v) is 21.0. The lowest BCUT2D eigenvalue weighted by atomic mass is 9.92. The van der Waals surface area contributed by atoms with Crippen LogP contribution in [0.15, 0.2) is 30.6 Å². The third kappa shape index (κ3) is 6.03. The second-order valence-corrected chi connectivity index (χ2v) is 9.26. The second kappa shape index (κ2) is 11.9. The standard InChI is InChI=1S/C24H33N7O.2ClH/c25-17-7-9-18(10-8-17)28-24-29-22(26-14-13-16-5-11-20(32)12-6-16)21-23(30-24)31(15-27-21)19-3-1-2-4-19;;/h5-6,11-12,15,17-19,32H,1-4,7-10,13-14,25H2,(H2,26,28,29,30);2*1H. The highest BCUT2D eigenvalue weighted by Gasteiger charge is 2.23. The number of anilines is 2. The van der Waals surface area contributed by atoms with Gasteiger partial charge in [0.2, 0.25) is 5.95 Å². The van der Waals surface area contributed by atoms with Crippen LogP contribution in [0, 0.1) is 0 Å². The van der Waals surface area contributed by atoms with Crippen molar-refractivity contribution < 1.29 is 5.11 Å². The predicted molar refractivity (Wildman–Crippen MR) is 141 cm³/mol. The Labute approximate surface area is 213 Å². The summed E-state index contributed by atoms with van der Waals surface area (Å²) in [6.07, 6.45) is 11.8. The van der Waals surface area contributed by atoms with E-state index in [0.717, 1.165) is 61.2 Å². The van der Waals surface area contributed by atoms with Crippen molar-refractivity contribution in [2.24, 2.45) is 5.73 Å². The molecule has 2 saturated carbocycles. The van der Waals surface area contributed by atoms with E-state index < -0.39 is 0 Å². The van der Waals surface area contributed by atoms with Gasteiger partial charge in [0.05, 0.1) is 6.33 Å². The molecule has 0 saturated heterocycles. The quantitative estimate of drug-likeness (QED) is 0.362. The first-order chi connectivity index (χ1) is 15.7. The number of benzene rings is 1. The number of hydrogen-bond acceptors (Lipinski definition) is 7. The Hall–Kier alpha value is -2.29. The molecule has 0 spiro atoms. The molecule has 2 fully saturated rings. The van der Waals surface area contributed by atoms with Crippen LogP contribution in [0.3, 0.4) is 0 Å². The Balaban J connectivity index is 0.00000162. The third-order valence-corrected chi connectivity index (χ3v) is 6.89. The maximum atomic E-state index is 9.49. The maximum Gasteiger partial charge on any atom is 0.227 e. The van der Waals surface area contributed by atoms with E-state index in [1.807, 2.05) is 18.5 Å². The molecule has 10 heteroatoms. The molecule has 2 heterocycles. The van der Waals surface area contributed by atoms with Crippen molar-refractivity contribution in [3.63, 3.8) is 0 Å². The molecule has 0 unspecified atom stereocenters. The number of nitrogens with two attached hydrogens (primary N) is 1. The van der Waals surface area contributed by atoms with Crippen LogP contribution in [0.1, 0.15) is 63.0 Å². The van der Waals surface area contributed by atoms with Crippen molar-refractivity contribution in [3.8, 4) is 5.75 Å². The van der Waals surface area contributed by atoms with E-state index in [0.29, 0.717) is 24.1 Å². The number of phenols is 1. The van der Waals surface area contributed by atoms with Gasteiger partial charge in [-0.2, -0.15) is 9.97 Å². The van der Waals surface area contributed by atoms with Crippen LogP contribution in [0.2, 0.25) is 0 Å². The predicted octanol–water partition coefficient (Wildman–Crippen LogP) is 4.83. The highest BCUT2D eigenvalue weighted by atomic mass is 35.5. The fourth-order valence-electron chi connectivity index (χ4n) is 4.99. The van der Waals surface area contributed by atoms with Crippen LogP contribution in [0.5, 0.6) is 5.75 Å². The van der Waals surface area contributed by atoms with E-state index in [9.17, 15) is 5.11 Å². The zero-order valence-electron chi connectivity index (χ0n) is 19.3. The lowest BCUT2D eigenvalue weighted by molar-refractivity contribution is 0.410. The van der Waals surface area contributed by atoms with E-state index in [2.05, 4.69) is 15.2 Å². The fourth-order valence-corrected chi connectivity index (χ4v) is 4.99. The molecule has 2 aliphatic rings. The summed E-state index contributed by atoms with van der Waals surface area (Å²) in [4.78, 5) is 14.4. The minimum Gasteiger partial charge on any atom is -0.508 e. The number of aromatic nitrogens is 4. The van der Waals surface area contributed by atoms with Crippen LogP contribution in [0.4, 0.5) is 11.8 Å². The molecule has 0 radical (unpaired) electrons. The first-order valence-corrected chi connectivity index (χ1v) is 11.9. The fraction of sp³-hybridized carbons (Fsp3) is 0.542. The molecule has 3 aromatic rings. The SMILES string of the molecule is Cl.Cl.NC1CCC(Nc2nc(NCCc3ccc(O)cc3)c3ncn(C4CCCC4)c3n2)CC1. The molecule has 2 aliphatic carbocycles. The van der Waals surface area contributed by atoms with Crippen molar-refractivity contribution in [1.29, 1.82) is 0 Å². The molecule has 5 rings (SSSR count). The van der Waals surface area contributed by atoms with Crippen LogP contribution in [-0.2, 0) is 6.42 Å². The lowest BCUT2D eigenvalue weighted by Crippen LogP contribution is -2.33. The molecule has 0 atom stereocenters. The molecular weight excluding hydrogens is 473 g/mol. The van der Waals surface area contributed by atoms with Crippen LogP contribution < -0.4 is 16.4 Å². The molecule has 34 heavy (non-hydrogen) atoms. The number of nitrogens with zero attached hydrogens (tertiary/aromatic N) is 4. The van der Waals surface area contributed by atoms with Gasteiger partial charge in [0.25, 0.3) is 0 Å². The van der Waals surface area contributed by atoms with Crippen LogP contribution >= 0.6 is 24.8 Å². The number of rotatable bonds is 7. The smallest absolute Gasteiger partial charge is 0.227 e. The summed E-state index contributed by atoms with van der Waals surface area (Å²) in [5.41, 5.74) is 8.99. The van der Waals surface area contributed by atoms with Gasteiger partial charge in [-0.05, 0) is 62.6 Å².